The Bertz CT molecular complexity index is 473. The van der Waals surface area contributed by atoms with Crippen molar-refractivity contribution < 1.29 is 9.53 Å². The number of ether oxygens (including phenoxy) is 1. The summed E-state index contributed by atoms with van der Waals surface area (Å²) in [6, 6.07) is 0. The molecule has 3 aliphatic carbocycles. The van der Waals surface area contributed by atoms with Crippen LogP contribution in [0.15, 0.2) is 11.1 Å². The molecule has 1 aliphatic heterocycles. The van der Waals surface area contributed by atoms with Crippen molar-refractivity contribution in [3.63, 3.8) is 0 Å². The van der Waals surface area contributed by atoms with Crippen molar-refractivity contribution in [3.8, 4) is 0 Å². The van der Waals surface area contributed by atoms with E-state index in [9.17, 15) is 4.79 Å². The first-order valence-corrected chi connectivity index (χ1v) is 7.33. The standard InChI is InChI=1S/C16H22O2/c1-9-4-5-10-7-15(2,3)14-16(10)11(8-18-14)6-12(17)13(9)16/h10-11,14H,4-8H2,1-3H3/t10-,11+,14-,16-/m1/s1. The van der Waals surface area contributed by atoms with Crippen molar-refractivity contribution in [2.24, 2.45) is 22.7 Å². The molecule has 0 aromatic heterocycles. The molecule has 1 heterocycles. The largest absolute Gasteiger partial charge is 0.376 e. The second kappa shape index (κ2) is 3.09. The lowest BCUT2D eigenvalue weighted by Gasteiger charge is -2.40. The molecule has 0 amide bonds. The first-order valence-electron chi connectivity index (χ1n) is 7.33. The third-order valence-corrected chi connectivity index (χ3v) is 6.17. The van der Waals surface area contributed by atoms with Crippen LogP contribution in [0.25, 0.3) is 0 Å². The molecule has 18 heavy (non-hydrogen) atoms. The van der Waals surface area contributed by atoms with E-state index >= 15 is 0 Å². The van der Waals surface area contributed by atoms with E-state index < -0.39 is 0 Å². The van der Waals surface area contributed by atoms with Crippen molar-refractivity contribution >= 4 is 5.78 Å². The number of ketones is 1. The van der Waals surface area contributed by atoms with Gasteiger partial charge in [-0.2, -0.15) is 0 Å². The molecule has 0 aromatic carbocycles. The average Bonchev–Trinajstić information content (AvgIpc) is 2.82. The van der Waals surface area contributed by atoms with Crippen molar-refractivity contribution in [1.29, 1.82) is 0 Å². The Morgan fingerprint density at radius 2 is 2.06 bits per heavy atom. The molecule has 4 rings (SSSR count). The van der Waals surface area contributed by atoms with Gasteiger partial charge in [0.05, 0.1) is 12.7 Å². The van der Waals surface area contributed by atoms with Crippen LogP contribution in [0.1, 0.15) is 46.5 Å². The molecule has 4 atom stereocenters. The average molecular weight is 246 g/mol. The van der Waals surface area contributed by atoms with Gasteiger partial charge in [-0.1, -0.05) is 19.4 Å². The maximum absolute atomic E-state index is 12.4. The second-order valence-electron chi connectivity index (χ2n) is 7.55. The summed E-state index contributed by atoms with van der Waals surface area (Å²) in [6.45, 7) is 7.67. The highest BCUT2D eigenvalue weighted by molar-refractivity contribution is 6.01. The minimum absolute atomic E-state index is 0.114. The minimum Gasteiger partial charge on any atom is -0.376 e. The summed E-state index contributed by atoms with van der Waals surface area (Å²) in [5.41, 5.74) is 2.92. The van der Waals surface area contributed by atoms with Gasteiger partial charge in [0.15, 0.2) is 5.78 Å². The normalized spacial score (nSPS) is 48.6. The number of carbonyl (C=O) groups excluding carboxylic acids is 1. The van der Waals surface area contributed by atoms with Gasteiger partial charge in [-0.3, -0.25) is 4.79 Å². The third-order valence-electron chi connectivity index (χ3n) is 6.17. The minimum atomic E-state index is 0.114. The van der Waals surface area contributed by atoms with Gasteiger partial charge in [0.1, 0.15) is 0 Å². The fraction of sp³-hybridized carbons (Fsp3) is 0.812. The molecule has 0 unspecified atom stereocenters. The first-order chi connectivity index (χ1) is 8.48. The fourth-order valence-corrected chi connectivity index (χ4v) is 5.83. The van der Waals surface area contributed by atoms with Crippen LogP contribution in [0.5, 0.6) is 0 Å². The third kappa shape index (κ3) is 0.999. The van der Waals surface area contributed by atoms with E-state index in [-0.39, 0.29) is 16.9 Å². The van der Waals surface area contributed by atoms with Crippen LogP contribution in [0.4, 0.5) is 0 Å². The van der Waals surface area contributed by atoms with Crippen LogP contribution < -0.4 is 0 Å². The van der Waals surface area contributed by atoms with Crippen LogP contribution in [0, 0.1) is 22.7 Å². The Balaban J connectivity index is 1.98. The lowest BCUT2D eigenvalue weighted by Crippen LogP contribution is -2.41. The highest BCUT2D eigenvalue weighted by Gasteiger charge is 2.71. The van der Waals surface area contributed by atoms with E-state index in [1.54, 1.807) is 0 Å². The number of carbonyl (C=O) groups is 1. The van der Waals surface area contributed by atoms with Crippen LogP contribution in [-0.2, 0) is 9.53 Å². The summed E-state index contributed by atoms with van der Waals surface area (Å²) in [5, 5.41) is 0. The predicted molar refractivity (Wildman–Crippen MR) is 69.1 cm³/mol. The SMILES string of the molecule is CC1=C2C(=O)C[C@H]3CO[C@@H]4C(C)(C)C[C@@H](CC1)[C@]234. The summed E-state index contributed by atoms with van der Waals surface area (Å²) in [4.78, 5) is 12.4. The summed E-state index contributed by atoms with van der Waals surface area (Å²) in [7, 11) is 0. The highest BCUT2D eigenvalue weighted by atomic mass is 16.5. The Hall–Kier alpha value is -0.630. The van der Waals surface area contributed by atoms with Gasteiger partial charge in [-0.25, -0.2) is 0 Å². The molecule has 98 valence electrons. The summed E-state index contributed by atoms with van der Waals surface area (Å²) in [5.74, 6) is 1.61. The number of rotatable bonds is 0. The summed E-state index contributed by atoms with van der Waals surface area (Å²) in [6.07, 6.45) is 4.66. The van der Waals surface area contributed by atoms with Gasteiger partial charge < -0.3 is 4.74 Å². The van der Waals surface area contributed by atoms with E-state index in [1.807, 2.05) is 0 Å². The van der Waals surface area contributed by atoms with Crippen molar-refractivity contribution in [2.45, 2.75) is 52.6 Å². The molecule has 2 saturated carbocycles. The quantitative estimate of drug-likeness (QED) is 0.656. The molecular weight excluding hydrogens is 224 g/mol. The molecule has 0 bridgehead atoms. The number of hydrogen-bond acceptors (Lipinski definition) is 2. The monoisotopic (exact) mass is 246 g/mol. The zero-order chi connectivity index (χ0) is 12.7. The van der Waals surface area contributed by atoms with Crippen LogP contribution >= 0.6 is 0 Å². The Labute approximate surface area is 109 Å². The summed E-state index contributed by atoms with van der Waals surface area (Å²) >= 11 is 0. The van der Waals surface area contributed by atoms with Gasteiger partial charge in [-0.15, -0.1) is 0 Å². The van der Waals surface area contributed by atoms with Crippen molar-refractivity contribution in [2.75, 3.05) is 6.61 Å². The molecule has 0 N–H and O–H groups in total. The lowest BCUT2D eigenvalue weighted by atomic mass is 9.62. The van der Waals surface area contributed by atoms with Gasteiger partial charge in [0.25, 0.3) is 0 Å². The molecular formula is C16H22O2. The van der Waals surface area contributed by atoms with E-state index in [4.69, 9.17) is 4.74 Å². The number of Topliss-reactive ketones (excluding diaryl/α,β-unsaturated/α-hetero) is 1. The summed E-state index contributed by atoms with van der Waals surface area (Å²) < 4.78 is 6.20. The van der Waals surface area contributed by atoms with E-state index in [2.05, 4.69) is 20.8 Å². The zero-order valence-corrected chi connectivity index (χ0v) is 11.6. The molecule has 0 radical (unpaired) electrons. The smallest absolute Gasteiger partial charge is 0.159 e. The second-order valence-corrected chi connectivity index (χ2v) is 7.55. The molecule has 3 fully saturated rings. The van der Waals surface area contributed by atoms with Gasteiger partial charge in [0.2, 0.25) is 0 Å². The molecule has 0 aromatic rings. The van der Waals surface area contributed by atoms with Gasteiger partial charge in [-0.05, 0) is 37.5 Å². The van der Waals surface area contributed by atoms with Crippen LogP contribution in [0.2, 0.25) is 0 Å². The van der Waals surface area contributed by atoms with Gasteiger partial charge in [0, 0.05) is 23.3 Å². The Morgan fingerprint density at radius 3 is 2.83 bits per heavy atom. The molecule has 2 heteroatoms. The highest BCUT2D eigenvalue weighted by Crippen LogP contribution is 2.71. The van der Waals surface area contributed by atoms with Crippen molar-refractivity contribution in [1.82, 2.24) is 0 Å². The molecule has 2 nitrogen and oxygen atoms in total. The number of allylic oxidation sites excluding steroid dienone is 1. The van der Waals surface area contributed by atoms with E-state index in [0.717, 1.165) is 19.4 Å². The van der Waals surface area contributed by atoms with Crippen molar-refractivity contribution in [3.05, 3.63) is 11.1 Å². The maximum atomic E-state index is 12.4. The molecule has 1 spiro atoms. The Morgan fingerprint density at radius 1 is 1.28 bits per heavy atom. The lowest BCUT2D eigenvalue weighted by molar-refractivity contribution is -0.115. The topological polar surface area (TPSA) is 26.3 Å². The molecule has 4 aliphatic rings. The zero-order valence-electron chi connectivity index (χ0n) is 11.6. The van der Waals surface area contributed by atoms with E-state index in [1.165, 1.54) is 24.0 Å². The Kier molecular flexibility index (Phi) is 1.93. The number of hydrogen-bond donors (Lipinski definition) is 0. The fourth-order valence-electron chi connectivity index (χ4n) is 5.83. The van der Waals surface area contributed by atoms with Gasteiger partial charge >= 0.3 is 0 Å². The first kappa shape index (κ1) is 11.2. The van der Waals surface area contributed by atoms with Crippen LogP contribution in [-0.4, -0.2) is 18.5 Å². The van der Waals surface area contributed by atoms with Crippen LogP contribution in [0.3, 0.4) is 0 Å². The van der Waals surface area contributed by atoms with E-state index in [0.29, 0.717) is 17.6 Å². The molecule has 1 saturated heterocycles. The predicted octanol–water partition coefficient (Wildman–Crippen LogP) is 3.12. The maximum Gasteiger partial charge on any atom is 0.159 e.